The average molecular weight is 428 g/mol. The van der Waals surface area contributed by atoms with Gasteiger partial charge < -0.3 is 20.9 Å². The van der Waals surface area contributed by atoms with Crippen LogP contribution in [0.1, 0.15) is 38.7 Å². The van der Waals surface area contributed by atoms with Crippen molar-refractivity contribution in [3.8, 4) is 17.2 Å². The number of aromatic nitrogens is 2. The van der Waals surface area contributed by atoms with Crippen LogP contribution in [0.4, 0.5) is 11.8 Å². The Morgan fingerprint density at radius 2 is 1.91 bits per heavy atom. The summed E-state index contributed by atoms with van der Waals surface area (Å²) in [5.41, 5.74) is 12.4. The Morgan fingerprint density at radius 1 is 1.17 bits per heavy atom. The molecular formula is C16H21IN4O2. The lowest BCUT2D eigenvalue weighted by molar-refractivity contribution is 0.314. The minimum Gasteiger partial charge on any atom is -0.492 e. The predicted molar refractivity (Wildman–Crippen MR) is 100.0 cm³/mol. The second-order valence-electron chi connectivity index (χ2n) is 5.40. The molecule has 0 unspecified atom stereocenters. The zero-order valence-corrected chi connectivity index (χ0v) is 15.6. The fraction of sp³-hybridized carbons (Fsp3) is 0.375. The Kier molecular flexibility index (Phi) is 5.86. The largest absolute Gasteiger partial charge is 0.492 e. The van der Waals surface area contributed by atoms with Crippen molar-refractivity contribution in [2.24, 2.45) is 0 Å². The third-order valence-electron chi connectivity index (χ3n) is 3.17. The molecule has 0 amide bonds. The summed E-state index contributed by atoms with van der Waals surface area (Å²) in [5, 5.41) is 0. The summed E-state index contributed by atoms with van der Waals surface area (Å²) >= 11 is 2.23. The number of nitrogens with zero attached hydrogens (tertiary/aromatic N) is 2. The van der Waals surface area contributed by atoms with Crippen LogP contribution in [0.5, 0.6) is 17.2 Å². The van der Waals surface area contributed by atoms with E-state index < -0.39 is 0 Å². The second-order valence-corrected chi connectivity index (χ2v) is 6.57. The molecule has 0 saturated carbocycles. The number of anilines is 2. The molecule has 23 heavy (non-hydrogen) atoms. The van der Waals surface area contributed by atoms with E-state index in [1.165, 1.54) is 6.20 Å². The van der Waals surface area contributed by atoms with E-state index in [0.29, 0.717) is 18.1 Å². The van der Waals surface area contributed by atoms with Crippen molar-refractivity contribution in [2.75, 3.05) is 18.1 Å². The summed E-state index contributed by atoms with van der Waals surface area (Å²) in [6, 6.07) is 3.96. The van der Waals surface area contributed by atoms with Crippen LogP contribution in [-0.2, 0) is 0 Å². The molecule has 0 aliphatic carbocycles. The molecule has 0 aliphatic heterocycles. The highest BCUT2D eigenvalue weighted by molar-refractivity contribution is 14.1. The van der Waals surface area contributed by atoms with Crippen molar-refractivity contribution in [2.45, 2.75) is 33.1 Å². The number of nitrogens with two attached hydrogens (primary N) is 2. The van der Waals surface area contributed by atoms with Crippen molar-refractivity contribution < 1.29 is 9.47 Å². The van der Waals surface area contributed by atoms with E-state index in [4.69, 9.17) is 20.9 Å². The Labute approximate surface area is 149 Å². The van der Waals surface area contributed by atoms with Gasteiger partial charge in [0.1, 0.15) is 11.5 Å². The van der Waals surface area contributed by atoms with Gasteiger partial charge in [0.05, 0.1) is 16.4 Å². The molecule has 2 rings (SSSR count). The maximum absolute atomic E-state index is 5.93. The number of rotatable bonds is 6. The van der Waals surface area contributed by atoms with Crippen molar-refractivity contribution in [3.63, 3.8) is 0 Å². The van der Waals surface area contributed by atoms with E-state index >= 15 is 0 Å². The molecule has 124 valence electrons. The number of hydrogen-bond donors (Lipinski definition) is 2. The molecule has 7 heteroatoms. The Hall–Kier alpha value is -1.77. The fourth-order valence-electron chi connectivity index (χ4n) is 2.01. The molecule has 6 nitrogen and oxygen atoms in total. The van der Waals surface area contributed by atoms with Crippen LogP contribution < -0.4 is 20.9 Å². The number of benzene rings is 1. The third kappa shape index (κ3) is 4.37. The molecule has 0 radical (unpaired) electrons. The Bertz CT molecular complexity index is 692. The normalized spacial score (nSPS) is 10.8. The van der Waals surface area contributed by atoms with Crippen LogP contribution in [0.3, 0.4) is 0 Å². The van der Waals surface area contributed by atoms with Crippen LogP contribution in [0, 0.1) is 3.57 Å². The van der Waals surface area contributed by atoms with E-state index in [-0.39, 0.29) is 17.7 Å². The van der Waals surface area contributed by atoms with Gasteiger partial charge in [-0.25, -0.2) is 4.98 Å². The summed E-state index contributed by atoms with van der Waals surface area (Å²) in [6.45, 7) is 6.97. The molecule has 0 aliphatic rings. The van der Waals surface area contributed by atoms with Crippen LogP contribution in [0.15, 0.2) is 18.3 Å². The molecule has 1 aromatic heterocycles. The van der Waals surface area contributed by atoms with Gasteiger partial charge in [0.25, 0.3) is 0 Å². The first kappa shape index (κ1) is 17.6. The number of ether oxygens (including phenoxy) is 2. The maximum atomic E-state index is 5.93. The van der Waals surface area contributed by atoms with Gasteiger partial charge in [-0.3, -0.25) is 0 Å². The first-order valence-electron chi connectivity index (χ1n) is 7.44. The summed E-state index contributed by atoms with van der Waals surface area (Å²) in [4.78, 5) is 7.84. The first-order chi connectivity index (χ1) is 10.9. The molecule has 1 aromatic carbocycles. The highest BCUT2D eigenvalue weighted by Gasteiger charge is 2.16. The molecule has 1 heterocycles. The van der Waals surface area contributed by atoms with E-state index in [1.807, 2.05) is 12.1 Å². The topological polar surface area (TPSA) is 96.3 Å². The maximum Gasteiger partial charge on any atom is 0.222 e. The highest BCUT2D eigenvalue weighted by Crippen LogP contribution is 2.37. The Morgan fingerprint density at radius 3 is 2.52 bits per heavy atom. The lowest BCUT2D eigenvalue weighted by Crippen LogP contribution is -2.04. The Balaban J connectivity index is 2.38. The van der Waals surface area contributed by atoms with E-state index in [9.17, 15) is 0 Å². The van der Waals surface area contributed by atoms with Gasteiger partial charge in [-0.1, -0.05) is 20.8 Å². The minimum atomic E-state index is 0.122. The van der Waals surface area contributed by atoms with Crippen LogP contribution >= 0.6 is 22.6 Å². The molecule has 0 spiro atoms. The highest BCUT2D eigenvalue weighted by atomic mass is 127. The summed E-state index contributed by atoms with van der Waals surface area (Å²) in [7, 11) is 0. The first-order valence-corrected chi connectivity index (χ1v) is 8.52. The minimum absolute atomic E-state index is 0.122. The van der Waals surface area contributed by atoms with Gasteiger partial charge in [-0.2, -0.15) is 4.98 Å². The van der Waals surface area contributed by atoms with Crippen LogP contribution in [-0.4, -0.2) is 16.6 Å². The van der Waals surface area contributed by atoms with Crippen molar-refractivity contribution in [1.82, 2.24) is 9.97 Å². The van der Waals surface area contributed by atoms with Crippen LogP contribution in [0.2, 0.25) is 0 Å². The molecule has 0 fully saturated rings. The summed E-state index contributed by atoms with van der Waals surface area (Å²) < 4.78 is 12.7. The molecule has 0 saturated heterocycles. The lowest BCUT2D eigenvalue weighted by atomic mass is 10.0. The number of hydrogen-bond acceptors (Lipinski definition) is 6. The number of halogens is 1. The van der Waals surface area contributed by atoms with Gasteiger partial charge in [0.2, 0.25) is 5.95 Å². The van der Waals surface area contributed by atoms with Crippen molar-refractivity contribution >= 4 is 34.4 Å². The summed E-state index contributed by atoms with van der Waals surface area (Å²) in [6.07, 6.45) is 2.45. The smallest absolute Gasteiger partial charge is 0.222 e. The van der Waals surface area contributed by atoms with Gasteiger partial charge in [0, 0.05) is 5.56 Å². The quantitative estimate of drug-likeness (QED) is 0.677. The summed E-state index contributed by atoms with van der Waals surface area (Å²) in [5.74, 6) is 2.57. The molecular weight excluding hydrogens is 407 g/mol. The number of nitrogen functional groups attached to an aromatic ring is 2. The van der Waals surface area contributed by atoms with Gasteiger partial charge in [-0.15, -0.1) is 0 Å². The van der Waals surface area contributed by atoms with Crippen molar-refractivity contribution in [3.05, 3.63) is 27.5 Å². The van der Waals surface area contributed by atoms with Gasteiger partial charge in [0.15, 0.2) is 11.6 Å². The average Bonchev–Trinajstić information content (AvgIpc) is 2.49. The van der Waals surface area contributed by atoms with Crippen molar-refractivity contribution in [1.29, 1.82) is 0 Å². The molecule has 0 atom stereocenters. The van der Waals surface area contributed by atoms with Gasteiger partial charge >= 0.3 is 0 Å². The lowest BCUT2D eigenvalue weighted by Gasteiger charge is -2.17. The standard InChI is InChI=1S/C16H21IN4O2/c1-4-5-22-13-6-10(9(2)3)12(7-11(13)17)23-14-8-20-16(19)21-15(14)18/h6-9H,4-5H2,1-3H3,(H4,18,19,20,21). The molecule has 0 bridgehead atoms. The van der Waals surface area contributed by atoms with Gasteiger partial charge in [-0.05, 0) is 47.1 Å². The van der Waals surface area contributed by atoms with E-state index in [0.717, 1.165) is 21.3 Å². The zero-order chi connectivity index (χ0) is 17.0. The zero-order valence-electron chi connectivity index (χ0n) is 13.5. The molecule has 4 N–H and O–H groups in total. The second kappa shape index (κ2) is 7.67. The third-order valence-corrected chi connectivity index (χ3v) is 4.01. The molecule has 2 aromatic rings. The van der Waals surface area contributed by atoms with E-state index in [2.05, 4.69) is 53.3 Å². The monoisotopic (exact) mass is 428 g/mol. The fourth-order valence-corrected chi connectivity index (χ4v) is 2.60. The van der Waals surface area contributed by atoms with E-state index in [1.54, 1.807) is 0 Å². The SMILES string of the molecule is CCCOc1cc(C(C)C)c(Oc2cnc(N)nc2N)cc1I. The predicted octanol–water partition coefficient (Wildman–Crippen LogP) is 3.95. The van der Waals surface area contributed by atoms with Crippen LogP contribution in [0.25, 0.3) is 0 Å².